The maximum absolute atomic E-state index is 11.6. The van der Waals surface area contributed by atoms with Crippen molar-refractivity contribution in [2.24, 2.45) is 23.7 Å². The van der Waals surface area contributed by atoms with Crippen molar-refractivity contribution in [2.75, 3.05) is 13.1 Å². The van der Waals surface area contributed by atoms with Gasteiger partial charge >= 0.3 is 0 Å². The molecule has 12 heavy (non-hydrogen) atoms. The number of hydrogen-bond donors (Lipinski definition) is 1. The van der Waals surface area contributed by atoms with Gasteiger partial charge in [0.05, 0.1) is 0 Å². The fourth-order valence-electron chi connectivity index (χ4n) is 2.48. The molecule has 1 unspecified atom stereocenters. The van der Waals surface area contributed by atoms with Gasteiger partial charge in [0, 0.05) is 11.8 Å². The van der Waals surface area contributed by atoms with E-state index in [1.807, 2.05) is 0 Å². The van der Waals surface area contributed by atoms with E-state index >= 15 is 0 Å². The molecule has 3 atom stereocenters. The number of fused-ring (bicyclic) bond motifs is 1. The van der Waals surface area contributed by atoms with E-state index in [-0.39, 0.29) is 12.4 Å². The van der Waals surface area contributed by atoms with Gasteiger partial charge in [-0.2, -0.15) is 0 Å². The molecule has 3 heteroatoms. The molecule has 1 N–H and O–H groups in total. The molecule has 2 aliphatic carbocycles. The van der Waals surface area contributed by atoms with Crippen LogP contribution >= 0.6 is 12.4 Å². The van der Waals surface area contributed by atoms with Crippen LogP contribution < -0.4 is 5.32 Å². The second-order valence-corrected chi connectivity index (χ2v) is 4.19. The number of hydrogen-bond acceptors (Lipinski definition) is 2. The number of nitrogens with one attached hydrogen (secondary N) is 1. The molecule has 0 radical (unpaired) electrons. The lowest BCUT2D eigenvalue weighted by Crippen LogP contribution is -2.19. The van der Waals surface area contributed by atoms with E-state index in [4.69, 9.17) is 0 Å². The number of carbonyl (C=O) groups is 1. The average Bonchev–Trinajstić information content (AvgIpc) is 2.91. The minimum atomic E-state index is 0. The zero-order chi connectivity index (χ0) is 7.42. The van der Waals surface area contributed by atoms with Crippen molar-refractivity contribution in [1.29, 1.82) is 0 Å². The molecular weight excluding hydrogens is 174 g/mol. The summed E-state index contributed by atoms with van der Waals surface area (Å²) < 4.78 is 0. The van der Waals surface area contributed by atoms with E-state index in [1.54, 1.807) is 0 Å². The minimum absolute atomic E-state index is 0. The van der Waals surface area contributed by atoms with Crippen LogP contribution in [0, 0.1) is 23.7 Å². The standard InChI is InChI=1S/C9H13NO.ClH/c11-9(5-1-2-5)8-6-3-10-4-7(6)8;/h5-8,10H,1-4H2;1H/t6-,7+,8?;. The summed E-state index contributed by atoms with van der Waals surface area (Å²) in [7, 11) is 0. The lowest BCUT2D eigenvalue weighted by Gasteiger charge is -2.00. The van der Waals surface area contributed by atoms with Crippen molar-refractivity contribution in [3.8, 4) is 0 Å². The summed E-state index contributed by atoms with van der Waals surface area (Å²) in [6.45, 7) is 2.21. The molecule has 1 heterocycles. The number of rotatable bonds is 2. The Labute approximate surface area is 78.5 Å². The molecule has 0 bridgehead atoms. The lowest BCUT2D eigenvalue weighted by molar-refractivity contribution is -0.122. The van der Waals surface area contributed by atoms with E-state index in [1.165, 1.54) is 12.8 Å². The third kappa shape index (κ3) is 1.09. The summed E-state index contributed by atoms with van der Waals surface area (Å²) in [4.78, 5) is 11.6. The summed E-state index contributed by atoms with van der Waals surface area (Å²) in [5, 5.41) is 3.31. The van der Waals surface area contributed by atoms with Crippen molar-refractivity contribution >= 4 is 18.2 Å². The number of piperidine rings is 1. The maximum Gasteiger partial charge on any atom is 0.139 e. The predicted molar refractivity (Wildman–Crippen MR) is 48.3 cm³/mol. The lowest BCUT2D eigenvalue weighted by atomic mass is 10.1. The van der Waals surface area contributed by atoms with Crippen LogP contribution in [0.15, 0.2) is 0 Å². The van der Waals surface area contributed by atoms with E-state index in [0.717, 1.165) is 24.9 Å². The Morgan fingerprint density at radius 3 is 2.25 bits per heavy atom. The summed E-state index contributed by atoms with van der Waals surface area (Å²) in [6, 6.07) is 0. The fraction of sp³-hybridized carbons (Fsp3) is 0.889. The molecule has 0 aromatic carbocycles. The fourth-order valence-corrected chi connectivity index (χ4v) is 2.48. The molecule has 0 aromatic rings. The molecular formula is C9H14ClNO. The first-order valence-corrected chi connectivity index (χ1v) is 4.62. The Morgan fingerprint density at radius 2 is 1.75 bits per heavy atom. The summed E-state index contributed by atoms with van der Waals surface area (Å²) >= 11 is 0. The van der Waals surface area contributed by atoms with E-state index in [9.17, 15) is 4.79 Å². The van der Waals surface area contributed by atoms with Crippen molar-refractivity contribution in [3.05, 3.63) is 0 Å². The smallest absolute Gasteiger partial charge is 0.139 e. The number of halogens is 1. The highest BCUT2D eigenvalue weighted by Gasteiger charge is 2.58. The Bertz CT molecular complexity index is 205. The van der Waals surface area contributed by atoms with Crippen LogP contribution in [-0.2, 0) is 4.79 Å². The first-order chi connectivity index (χ1) is 5.38. The monoisotopic (exact) mass is 187 g/mol. The minimum Gasteiger partial charge on any atom is -0.316 e. The second-order valence-electron chi connectivity index (χ2n) is 4.19. The molecule has 2 nitrogen and oxygen atoms in total. The van der Waals surface area contributed by atoms with Gasteiger partial charge in [0.25, 0.3) is 0 Å². The summed E-state index contributed by atoms with van der Waals surface area (Å²) in [5.41, 5.74) is 0. The van der Waals surface area contributed by atoms with Crippen LogP contribution in [-0.4, -0.2) is 18.9 Å². The van der Waals surface area contributed by atoms with Crippen LogP contribution in [0.3, 0.4) is 0 Å². The van der Waals surface area contributed by atoms with Crippen LogP contribution in [0.5, 0.6) is 0 Å². The van der Waals surface area contributed by atoms with Crippen LogP contribution in [0.1, 0.15) is 12.8 Å². The van der Waals surface area contributed by atoms with Gasteiger partial charge in [-0.3, -0.25) is 4.79 Å². The molecule has 68 valence electrons. The van der Waals surface area contributed by atoms with Gasteiger partial charge in [0.2, 0.25) is 0 Å². The summed E-state index contributed by atoms with van der Waals surface area (Å²) in [5.74, 6) is 3.06. The first kappa shape index (κ1) is 8.52. The molecule has 3 fully saturated rings. The Morgan fingerprint density at radius 1 is 1.17 bits per heavy atom. The molecule has 2 saturated carbocycles. The molecule has 0 amide bonds. The zero-order valence-electron chi connectivity index (χ0n) is 6.95. The highest BCUT2D eigenvalue weighted by Crippen LogP contribution is 2.52. The van der Waals surface area contributed by atoms with Gasteiger partial charge in [0.15, 0.2) is 0 Å². The first-order valence-electron chi connectivity index (χ1n) is 4.62. The Balaban J connectivity index is 0.000000563. The Kier molecular flexibility index (Phi) is 1.92. The SMILES string of the molecule is Cl.O=C(C1CC1)C1[C@H]2CNC[C@@H]12. The van der Waals surface area contributed by atoms with Gasteiger partial charge in [-0.25, -0.2) is 0 Å². The van der Waals surface area contributed by atoms with Crippen molar-refractivity contribution in [2.45, 2.75) is 12.8 Å². The van der Waals surface area contributed by atoms with Gasteiger partial charge in [0.1, 0.15) is 5.78 Å². The normalized spacial score (nSPS) is 43.2. The quantitative estimate of drug-likeness (QED) is 0.695. The van der Waals surface area contributed by atoms with Crippen LogP contribution in [0.25, 0.3) is 0 Å². The number of ketones is 1. The predicted octanol–water partition coefficient (Wildman–Crippen LogP) is 0.853. The zero-order valence-corrected chi connectivity index (χ0v) is 7.77. The maximum atomic E-state index is 11.6. The van der Waals surface area contributed by atoms with Crippen molar-refractivity contribution in [3.63, 3.8) is 0 Å². The van der Waals surface area contributed by atoms with Crippen LogP contribution in [0.4, 0.5) is 0 Å². The van der Waals surface area contributed by atoms with Crippen molar-refractivity contribution < 1.29 is 4.79 Å². The molecule has 3 aliphatic rings. The number of carbonyl (C=O) groups excluding carboxylic acids is 1. The van der Waals surface area contributed by atoms with Crippen molar-refractivity contribution in [1.82, 2.24) is 5.32 Å². The third-order valence-corrected chi connectivity index (χ3v) is 3.40. The van der Waals surface area contributed by atoms with E-state index in [0.29, 0.717) is 17.6 Å². The molecule has 1 saturated heterocycles. The highest BCUT2D eigenvalue weighted by molar-refractivity contribution is 5.88. The van der Waals surface area contributed by atoms with Gasteiger partial charge < -0.3 is 5.32 Å². The van der Waals surface area contributed by atoms with E-state index < -0.39 is 0 Å². The van der Waals surface area contributed by atoms with Gasteiger partial charge in [-0.15, -0.1) is 12.4 Å². The second kappa shape index (κ2) is 2.71. The van der Waals surface area contributed by atoms with E-state index in [2.05, 4.69) is 5.32 Å². The highest BCUT2D eigenvalue weighted by atomic mass is 35.5. The van der Waals surface area contributed by atoms with Gasteiger partial charge in [-0.05, 0) is 37.8 Å². The topological polar surface area (TPSA) is 29.1 Å². The molecule has 1 aliphatic heterocycles. The third-order valence-electron chi connectivity index (χ3n) is 3.40. The van der Waals surface area contributed by atoms with Crippen LogP contribution in [0.2, 0.25) is 0 Å². The molecule has 3 rings (SSSR count). The average molecular weight is 188 g/mol. The Hall–Kier alpha value is -0.0800. The number of Topliss-reactive ketones (excluding diaryl/α,β-unsaturated/α-hetero) is 1. The summed E-state index contributed by atoms with van der Waals surface area (Å²) in [6.07, 6.45) is 2.37. The van der Waals surface area contributed by atoms with Gasteiger partial charge in [-0.1, -0.05) is 0 Å². The largest absolute Gasteiger partial charge is 0.316 e. The molecule has 0 aromatic heterocycles. The molecule has 0 spiro atoms.